The number of carbonyl (C=O) groups excluding carboxylic acids is 2. The number of pyridine rings is 1. The molecular weight excluding hydrogens is 386 g/mol. The van der Waals surface area contributed by atoms with E-state index >= 15 is 0 Å². The largest absolute Gasteiger partial charge is 0.507 e. The molecule has 7 nitrogen and oxygen atoms in total. The van der Waals surface area contributed by atoms with E-state index in [1.165, 1.54) is 6.20 Å². The monoisotopic (exact) mass is 407 g/mol. The first kappa shape index (κ1) is 20.9. The van der Waals surface area contributed by atoms with Crippen molar-refractivity contribution in [3.05, 3.63) is 82.2 Å². The van der Waals surface area contributed by atoms with Gasteiger partial charge in [-0.05, 0) is 36.8 Å². The average Bonchev–Trinajstić information content (AvgIpc) is 2.76. The Kier molecular flexibility index (Phi) is 6.32. The van der Waals surface area contributed by atoms with Gasteiger partial charge in [-0.25, -0.2) is 4.79 Å². The number of carbonyl (C=O) groups is 2. The fraction of sp³-hybridized carbons (Fsp3) is 0.174. The van der Waals surface area contributed by atoms with E-state index in [0.717, 1.165) is 11.3 Å². The number of aliphatic hydroxyl groups excluding tert-OH is 1. The van der Waals surface area contributed by atoms with E-state index in [9.17, 15) is 19.5 Å². The summed E-state index contributed by atoms with van der Waals surface area (Å²) in [6, 6.07) is 14.4. The van der Waals surface area contributed by atoms with Crippen molar-refractivity contribution in [1.29, 1.82) is 0 Å². The standard InChI is InChI=1S/C23H21NO6/c1-3-30-23(28)21(26)12-20(25)18-14-24(13-15-8-10-16(29-2)11-9-15)19-7-5-4-6-17(19)22(18)27/h4-12,14,25H,3,13H2,1-2H3/b20-12-. The van der Waals surface area contributed by atoms with Crippen molar-refractivity contribution < 1.29 is 24.2 Å². The van der Waals surface area contributed by atoms with Crippen molar-refractivity contribution in [3.8, 4) is 5.75 Å². The van der Waals surface area contributed by atoms with E-state index in [0.29, 0.717) is 23.5 Å². The fourth-order valence-corrected chi connectivity index (χ4v) is 3.05. The number of rotatable bonds is 7. The van der Waals surface area contributed by atoms with E-state index in [1.807, 2.05) is 30.3 Å². The molecule has 0 amide bonds. The van der Waals surface area contributed by atoms with Crippen LogP contribution in [0, 0.1) is 0 Å². The van der Waals surface area contributed by atoms with Gasteiger partial charge in [-0.15, -0.1) is 0 Å². The molecule has 7 heteroatoms. The number of benzene rings is 2. The van der Waals surface area contributed by atoms with Crippen molar-refractivity contribution in [2.75, 3.05) is 13.7 Å². The Morgan fingerprint density at radius 1 is 1.10 bits per heavy atom. The molecule has 1 N–H and O–H groups in total. The summed E-state index contributed by atoms with van der Waals surface area (Å²) in [6.45, 7) is 2.01. The minimum Gasteiger partial charge on any atom is -0.507 e. The van der Waals surface area contributed by atoms with Gasteiger partial charge in [0.05, 0.1) is 24.8 Å². The lowest BCUT2D eigenvalue weighted by Gasteiger charge is -2.14. The highest BCUT2D eigenvalue weighted by Crippen LogP contribution is 2.18. The Hall–Kier alpha value is -3.87. The van der Waals surface area contributed by atoms with E-state index in [4.69, 9.17) is 4.74 Å². The van der Waals surface area contributed by atoms with Gasteiger partial charge in [0.1, 0.15) is 11.5 Å². The normalized spacial score (nSPS) is 11.3. The van der Waals surface area contributed by atoms with Gasteiger partial charge in [0.15, 0.2) is 5.43 Å². The highest BCUT2D eigenvalue weighted by molar-refractivity contribution is 6.39. The first-order valence-electron chi connectivity index (χ1n) is 9.31. The highest BCUT2D eigenvalue weighted by Gasteiger charge is 2.17. The van der Waals surface area contributed by atoms with Crippen LogP contribution in [-0.2, 0) is 20.9 Å². The Balaban J connectivity index is 2.07. The molecule has 154 valence electrons. The van der Waals surface area contributed by atoms with Crippen molar-refractivity contribution in [3.63, 3.8) is 0 Å². The lowest BCUT2D eigenvalue weighted by molar-refractivity contribution is -0.151. The number of hydrogen-bond acceptors (Lipinski definition) is 6. The summed E-state index contributed by atoms with van der Waals surface area (Å²) in [4.78, 5) is 36.3. The number of para-hydroxylation sites is 1. The molecule has 1 aromatic heterocycles. The van der Waals surface area contributed by atoms with Crippen LogP contribution in [0.4, 0.5) is 0 Å². The summed E-state index contributed by atoms with van der Waals surface area (Å²) >= 11 is 0. The van der Waals surface area contributed by atoms with Crippen molar-refractivity contribution in [2.24, 2.45) is 0 Å². The van der Waals surface area contributed by atoms with E-state index < -0.39 is 22.9 Å². The van der Waals surface area contributed by atoms with Gasteiger partial charge in [0.25, 0.3) is 5.78 Å². The highest BCUT2D eigenvalue weighted by atomic mass is 16.5. The van der Waals surface area contributed by atoms with Crippen molar-refractivity contribution in [1.82, 2.24) is 4.57 Å². The van der Waals surface area contributed by atoms with Crippen molar-refractivity contribution in [2.45, 2.75) is 13.5 Å². The molecule has 0 fully saturated rings. The summed E-state index contributed by atoms with van der Waals surface area (Å²) in [6.07, 6.45) is 2.18. The lowest BCUT2D eigenvalue weighted by Crippen LogP contribution is -2.18. The molecular formula is C23H21NO6. The molecule has 0 atom stereocenters. The van der Waals surface area contributed by atoms with Crippen LogP contribution in [0.5, 0.6) is 5.75 Å². The maximum atomic E-state index is 12.9. The van der Waals surface area contributed by atoms with E-state index in [-0.39, 0.29) is 12.2 Å². The molecule has 0 saturated heterocycles. The second-order valence-corrected chi connectivity index (χ2v) is 6.48. The number of ether oxygens (including phenoxy) is 2. The van der Waals surface area contributed by atoms with Crippen LogP contribution in [0.1, 0.15) is 18.1 Å². The third-order valence-corrected chi connectivity index (χ3v) is 4.52. The SMILES string of the molecule is CCOC(=O)C(=O)/C=C(\O)c1cn(Cc2ccc(OC)cc2)c2ccccc2c1=O. The quantitative estimate of drug-likeness (QED) is 0.280. The average molecular weight is 407 g/mol. The minimum absolute atomic E-state index is 0.0316. The van der Waals surface area contributed by atoms with E-state index in [1.54, 1.807) is 36.8 Å². The molecule has 0 saturated carbocycles. The molecule has 0 aliphatic rings. The number of hydrogen-bond donors (Lipinski definition) is 1. The Morgan fingerprint density at radius 3 is 2.47 bits per heavy atom. The van der Waals surface area contributed by atoms with Gasteiger partial charge in [0.2, 0.25) is 0 Å². The first-order valence-corrected chi connectivity index (χ1v) is 9.31. The molecule has 1 heterocycles. The second kappa shape index (κ2) is 9.09. The Morgan fingerprint density at radius 2 is 1.80 bits per heavy atom. The summed E-state index contributed by atoms with van der Waals surface area (Å²) in [7, 11) is 1.59. The molecule has 0 unspecified atom stereocenters. The lowest BCUT2D eigenvalue weighted by atomic mass is 10.1. The summed E-state index contributed by atoms with van der Waals surface area (Å²) in [5.41, 5.74) is 1.09. The van der Waals surface area contributed by atoms with Crippen LogP contribution < -0.4 is 10.2 Å². The molecule has 0 aliphatic heterocycles. The fourth-order valence-electron chi connectivity index (χ4n) is 3.05. The third kappa shape index (κ3) is 4.41. The van der Waals surface area contributed by atoms with Crippen LogP contribution in [-0.4, -0.2) is 35.1 Å². The predicted octanol–water partition coefficient (Wildman–Crippen LogP) is 3.09. The van der Waals surface area contributed by atoms with Gasteiger partial charge < -0.3 is 19.1 Å². The first-order chi connectivity index (χ1) is 14.4. The number of esters is 1. The van der Waals surface area contributed by atoms with Crippen LogP contribution in [0.15, 0.2) is 65.6 Å². The van der Waals surface area contributed by atoms with Gasteiger partial charge >= 0.3 is 5.97 Å². The maximum Gasteiger partial charge on any atom is 0.379 e. The van der Waals surface area contributed by atoms with E-state index in [2.05, 4.69) is 4.74 Å². The number of nitrogens with zero attached hydrogens (tertiary/aromatic N) is 1. The second-order valence-electron chi connectivity index (χ2n) is 6.48. The zero-order valence-electron chi connectivity index (χ0n) is 16.6. The number of aromatic nitrogens is 1. The Labute approximate surface area is 172 Å². The minimum atomic E-state index is -1.09. The molecule has 3 rings (SSSR count). The number of fused-ring (bicyclic) bond motifs is 1. The maximum absolute atomic E-state index is 12.9. The van der Waals surface area contributed by atoms with Crippen LogP contribution >= 0.6 is 0 Å². The molecule has 3 aromatic rings. The molecule has 2 aromatic carbocycles. The number of methoxy groups -OCH3 is 1. The van der Waals surface area contributed by atoms with Crippen LogP contribution in [0.3, 0.4) is 0 Å². The zero-order chi connectivity index (χ0) is 21.7. The summed E-state index contributed by atoms with van der Waals surface area (Å²) < 4.78 is 11.6. The third-order valence-electron chi connectivity index (χ3n) is 4.52. The van der Waals surface area contributed by atoms with Gasteiger partial charge in [-0.1, -0.05) is 24.3 Å². The van der Waals surface area contributed by atoms with Crippen LogP contribution in [0.2, 0.25) is 0 Å². The zero-order valence-corrected chi connectivity index (χ0v) is 16.6. The van der Waals surface area contributed by atoms with Crippen LogP contribution in [0.25, 0.3) is 16.7 Å². The van der Waals surface area contributed by atoms with Gasteiger partial charge in [-0.2, -0.15) is 0 Å². The topological polar surface area (TPSA) is 94.8 Å². The number of aliphatic hydroxyl groups is 1. The molecule has 0 bridgehead atoms. The molecule has 0 spiro atoms. The summed E-state index contributed by atoms with van der Waals surface area (Å²) in [5.74, 6) is -2.00. The molecule has 0 radical (unpaired) electrons. The number of ketones is 1. The van der Waals surface area contributed by atoms with Gasteiger partial charge in [-0.3, -0.25) is 9.59 Å². The predicted molar refractivity (Wildman–Crippen MR) is 113 cm³/mol. The van der Waals surface area contributed by atoms with Crippen molar-refractivity contribution >= 4 is 28.4 Å². The summed E-state index contributed by atoms with van der Waals surface area (Å²) in [5, 5.41) is 10.8. The Bertz CT molecular complexity index is 1170. The van der Waals surface area contributed by atoms with Gasteiger partial charge in [0, 0.05) is 24.2 Å². The molecule has 0 aliphatic carbocycles. The molecule has 30 heavy (non-hydrogen) atoms. The smallest absolute Gasteiger partial charge is 0.379 e.